The lowest BCUT2D eigenvalue weighted by atomic mass is 9.93. The molecule has 6 heteroatoms. The fourth-order valence-electron chi connectivity index (χ4n) is 3.56. The molecule has 0 spiro atoms. The molecule has 0 aromatic heterocycles. The molecule has 0 unspecified atom stereocenters. The molecule has 1 N–H and O–H groups in total. The fraction of sp³-hybridized carbons (Fsp3) is 0.900. The minimum Gasteiger partial charge on any atom is -0.444 e. The van der Waals surface area contributed by atoms with Crippen molar-refractivity contribution in [1.29, 1.82) is 0 Å². The number of carbonyl (C=O) groups excluding carboxylic acids is 1. The van der Waals surface area contributed by atoms with Crippen molar-refractivity contribution in [2.75, 3.05) is 39.3 Å². The Hall–Kier alpha value is -1.46. The van der Waals surface area contributed by atoms with Gasteiger partial charge < -0.3 is 19.9 Å². The number of nitrogens with zero attached hydrogens (tertiary/aromatic N) is 3. The molecule has 0 aromatic rings. The first-order chi connectivity index (χ1) is 12.1. The zero-order chi connectivity index (χ0) is 19.4. The molecular weight excluding hydrogens is 328 g/mol. The summed E-state index contributed by atoms with van der Waals surface area (Å²) >= 11 is 0. The average Bonchev–Trinajstić information content (AvgIpc) is 2.90. The van der Waals surface area contributed by atoms with Gasteiger partial charge in [0.15, 0.2) is 5.96 Å². The lowest BCUT2D eigenvalue weighted by Crippen LogP contribution is -2.43. The quantitative estimate of drug-likeness (QED) is 0.615. The second-order valence-electron chi connectivity index (χ2n) is 9.44. The minimum absolute atomic E-state index is 0.188. The van der Waals surface area contributed by atoms with Gasteiger partial charge in [0.1, 0.15) is 5.60 Å². The maximum absolute atomic E-state index is 12.2. The summed E-state index contributed by atoms with van der Waals surface area (Å²) in [7, 11) is 0. The number of hydrogen-bond donors (Lipinski definition) is 1. The van der Waals surface area contributed by atoms with Crippen molar-refractivity contribution in [3.8, 4) is 0 Å². The van der Waals surface area contributed by atoms with Crippen LogP contribution in [0.3, 0.4) is 0 Å². The molecule has 2 fully saturated rings. The molecule has 0 atom stereocenters. The SMILES string of the molecule is CCNC(=NCC1CCN(C(=O)OC(C)(C)C)CC1)N1CCC(C)(C)C1. The number of nitrogens with one attached hydrogen (secondary N) is 1. The number of piperidine rings is 1. The number of guanidine groups is 1. The van der Waals surface area contributed by atoms with Gasteiger partial charge in [-0.1, -0.05) is 13.8 Å². The summed E-state index contributed by atoms with van der Waals surface area (Å²) in [6.07, 6.45) is 3.01. The third-order valence-corrected chi connectivity index (χ3v) is 5.08. The third-order valence-electron chi connectivity index (χ3n) is 5.08. The molecule has 2 saturated heterocycles. The summed E-state index contributed by atoms with van der Waals surface area (Å²) in [6.45, 7) is 17.9. The third kappa shape index (κ3) is 6.36. The Morgan fingerprint density at radius 2 is 1.85 bits per heavy atom. The molecule has 2 aliphatic rings. The van der Waals surface area contributed by atoms with Gasteiger partial charge in [0.05, 0.1) is 0 Å². The van der Waals surface area contributed by atoms with E-state index in [0.29, 0.717) is 11.3 Å². The van der Waals surface area contributed by atoms with Crippen LogP contribution in [0.25, 0.3) is 0 Å². The van der Waals surface area contributed by atoms with Crippen LogP contribution < -0.4 is 5.32 Å². The molecule has 0 radical (unpaired) electrons. The molecule has 0 aromatic carbocycles. The monoisotopic (exact) mass is 366 g/mol. The summed E-state index contributed by atoms with van der Waals surface area (Å²) in [5.41, 5.74) is -0.0581. The standard InChI is InChI=1S/C20H38N4O2/c1-7-21-17(24-13-10-20(5,6)15-24)22-14-16-8-11-23(12-9-16)18(25)26-19(2,3)4/h16H,7-15H2,1-6H3,(H,21,22). The van der Waals surface area contributed by atoms with E-state index >= 15 is 0 Å². The molecule has 2 heterocycles. The molecule has 0 aliphatic carbocycles. The summed E-state index contributed by atoms with van der Waals surface area (Å²) in [6, 6.07) is 0. The maximum Gasteiger partial charge on any atom is 0.410 e. The smallest absolute Gasteiger partial charge is 0.410 e. The van der Waals surface area contributed by atoms with Gasteiger partial charge in [-0.25, -0.2) is 4.79 Å². The van der Waals surface area contributed by atoms with Crippen LogP contribution >= 0.6 is 0 Å². The Labute approximate surface area is 159 Å². The van der Waals surface area contributed by atoms with Crippen molar-refractivity contribution in [3.63, 3.8) is 0 Å². The van der Waals surface area contributed by atoms with Gasteiger partial charge in [-0.15, -0.1) is 0 Å². The first kappa shape index (κ1) is 20.8. The van der Waals surface area contributed by atoms with E-state index in [-0.39, 0.29) is 6.09 Å². The Balaban J connectivity index is 1.83. The Morgan fingerprint density at radius 3 is 2.35 bits per heavy atom. The van der Waals surface area contributed by atoms with Gasteiger partial charge in [0.25, 0.3) is 0 Å². The maximum atomic E-state index is 12.2. The zero-order valence-electron chi connectivity index (χ0n) is 17.6. The lowest BCUT2D eigenvalue weighted by molar-refractivity contribution is 0.0187. The van der Waals surface area contributed by atoms with Crippen LogP contribution in [0, 0.1) is 11.3 Å². The second kappa shape index (κ2) is 8.49. The van der Waals surface area contributed by atoms with E-state index in [4.69, 9.17) is 9.73 Å². The number of hydrogen-bond acceptors (Lipinski definition) is 3. The summed E-state index contributed by atoms with van der Waals surface area (Å²) < 4.78 is 5.47. The zero-order valence-corrected chi connectivity index (χ0v) is 17.6. The van der Waals surface area contributed by atoms with Crippen molar-refractivity contribution in [3.05, 3.63) is 0 Å². The molecule has 150 valence electrons. The molecule has 1 amide bonds. The first-order valence-corrected chi connectivity index (χ1v) is 10.1. The topological polar surface area (TPSA) is 57.2 Å². The van der Waals surface area contributed by atoms with Gasteiger partial charge in [-0.3, -0.25) is 4.99 Å². The number of carbonyl (C=O) groups is 1. The molecule has 2 rings (SSSR count). The highest BCUT2D eigenvalue weighted by Crippen LogP contribution is 2.29. The van der Waals surface area contributed by atoms with Crippen molar-refractivity contribution in [1.82, 2.24) is 15.1 Å². The number of likely N-dealkylation sites (tertiary alicyclic amines) is 2. The highest BCUT2D eigenvalue weighted by atomic mass is 16.6. The van der Waals surface area contributed by atoms with Crippen LogP contribution in [-0.4, -0.2) is 66.7 Å². The van der Waals surface area contributed by atoms with Crippen molar-refractivity contribution < 1.29 is 9.53 Å². The molecule has 26 heavy (non-hydrogen) atoms. The van der Waals surface area contributed by atoms with Crippen LogP contribution in [-0.2, 0) is 4.74 Å². The van der Waals surface area contributed by atoms with E-state index < -0.39 is 5.60 Å². The summed E-state index contributed by atoms with van der Waals surface area (Å²) in [4.78, 5) is 21.3. The van der Waals surface area contributed by atoms with Crippen LogP contribution in [0.4, 0.5) is 4.79 Å². The highest BCUT2D eigenvalue weighted by molar-refractivity contribution is 5.80. The molecular formula is C20H38N4O2. The second-order valence-corrected chi connectivity index (χ2v) is 9.44. The molecule has 2 aliphatic heterocycles. The van der Waals surface area contributed by atoms with Crippen LogP contribution in [0.15, 0.2) is 4.99 Å². The highest BCUT2D eigenvalue weighted by Gasteiger charge is 2.31. The Bertz CT molecular complexity index is 502. The largest absolute Gasteiger partial charge is 0.444 e. The first-order valence-electron chi connectivity index (χ1n) is 10.1. The van der Waals surface area contributed by atoms with E-state index in [0.717, 1.165) is 58.1 Å². The Kier molecular flexibility index (Phi) is 6.80. The number of rotatable bonds is 3. The number of ether oxygens (including phenoxy) is 1. The Morgan fingerprint density at radius 1 is 1.19 bits per heavy atom. The molecule has 0 bridgehead atoms. The molecule has 6 nitrogen and oxygen atoms in total. The van der Waals surface area contributed by atoms with Crippen LogP contribution in [0.5, 0.6) is 0 Å². The van der Waals surface area contributed by atoms with Crippen molar-refractivity contribution in [2.45, 2.75) is 66.4 Å². The van der Waals surface area contributed by atoms with Gasteiger partial charge in [0.2, 0.25) is 0 Å². The average molecular weight is 367 g/mol. The van der Waals surface area contributed by atoms with Gasteiger partial charge in [0, 0.05) is 39.3 Å². The van der Waals surface area contributed by atoms with Crippen molar-refractivity contribution >= 4 is 12.1 Å². The fourth-order valence-corrected chi connectivity index (χ4v) is 3.56. The normalized spacial score (nSPS) is 21.8. The predicted octanol–water partition coefficient (Wildman–Crippen LogP) is 3.33. The van der Waals surface area contributed by atoms with Gasteiger partial charge in [-0.05, 0) is 58.3 Å². The van der Waals surface area contributed by atoms with E-state index in [9.17, 15) is 4.79 Å². The predicted molar refractivity (Wildman–Crippen MR) is 106 cm³/mol. The van der Waals surface area contributed by atoms with Crippen LogP contribution in [0.2, 0.25) is 0 Å². The van der Waals surface area contributed by atoms with Crippen molar-refractivity contribution in [2.24, 2.45) is 16.3 Å². The van der Waals surface area contributed by atoms with E-state index in [1.54, 1.807) is 0 Å². The molecule has 0 saturated carbocycles. The van der Waals surface area contributed by atoms with Gasteiger partial charge in [-0.2, -0.15) is 0 Å². The van der Waals surface area contributed by atoms with E-state index in [1.165, 1.54) is 6.42 Å². The van der Waals surface area contributed by atoms with E-state index in [2.05, 4.69) is 31.0 Å². The van der Waals surface area contributed by atoms with Gasteiger partial charge >= 0.3 is 6.09 Å². The summed E-state index contributed by atoms with van der Waals surface area (Å²) in [5.74, 6) is 1.59. The minimum atomic E-state index is -0.428. The summed E-state index contributed by atoms with van der Waals surface area (Å²) in [5, 5.41) is 3.45. The van der Waals surface area contributed by atoms with Crippen LogP contribution in [0.1, 0.15) is 60.8 Å². The number of amides is 1. The van der Waals surface area contributed by atoms with E-state index in [1.807, 2.05) is 25.7 Å². The lowest BCUT2D eigenvalue weighted by Gasteiger charge is -2.33. The number of aliphatic imine (C=N–C) groups is 1.